The van der Waals surface area contributed by atoms with Crippen LogP contribution in [0.4, 0.5) is 30.2 Å². The highest BCUT2D eigenvalue weighted by molar-refractivity contribution is 14.1. The van der Waals surface area contributed by atoms with E-state index in [0.717, 1.165) is 3.57 Å². The Kier molecular flexibility index (Phi) is 5.59. The Balaban J connectivity index is 1.91. The third-order valence-corrected chi connectivity index (χ3v) is 4.78. The van der Waals surface area contributed by atoms with Crippen molar-refractivity contribution < 1.29 is 22.8 Å². The number of nitrogens with zero attached hydrogens (tertiary/aromatic N) is 1. The molecule has 0 fully saturated rings. The molecule has 1 atom stereocenters. The predicted molar refractivity (Wildman–Crippen MR) is 105 cm³/mol. The molecule has 2 amide bonds. The lowest BCUT2D eigenvalue weighted by molar-refractivity contribution is -0.157. The molecule has 1 aliphatic heterocycles. The summed E-state index contributed by atoms with van der Waals surface area (Å²) in [5, 5.41) is 5.27. The molecule has 0 radical (unpaired) electrons. The number of hydrogen-bond acceptors (Lipinski definition) is 3. The summed E-state index contributed by atoms with van der Waals surface area (Å²) in [6.45, 7) is -0.338. The van der Waals surface area contributed by atoms with Crippen molar-refractivity contribution in [3.8, 4) is 0 Å². The van der Waals surface area contributed by atoms with E-state index < -0.39 is 30.5 Å². The number of carbonyl (C=O) groups excluding carboxylic acids is 2. The van der Waals surface area contributed by atoms with E-state index in [1.807, 2.05) is 12.1 Å². The van der Waals surface area contributed by atoms with Crippen LogP contribution in [0.15, 0.2) is 48.5 Å². The smallest absolute Gasteiger partial charge is 0.376 e. The molecule has 27 heavy (non-hydrogen) atoms. The highest BCUT2D eigenvalue weighted by atomic mass is 127. The first-order valence-electron chi connectivity index (χ1n) is 8.03. The fourth-order valence-corrected chi connectivity index (χ4v) is 3.19. The summed E-state index contributed by atoms with van der Waals surface area (Å²) >= 11 is 2.12. The lowest BCUT2D eigenvalue weighted by Crippen LogP contribution is -2.51. The molecule has 1 aliphatic rings. The lowest BCUT2D eigenvalue weighted by atomic mass is 10.1. The largest absolute Gasteiger partial charge is 0.409 e. The second-order valence-corrected chi connectivity index (χ2v) is 7.20. The summed E-state index contributed by atoms with van der Waals surface area (Å²) in [7, 11) is 0. The first-order valence-corrected chi connectivity index (χ1v) is 9.10. The van der Waals surface area contributed by atoms with Gasteiger partial charge in [0.2, 0.25) is 11.8 Å². The maximum absolute atomic E-state index is 13.6. The van der Waals surface area contributed by atoms with Gasteiger partial charge in [-0.25, -0.2) is 0 Å². The molecular formula is C18H15F3IN3O2. The van der Waals surface area contributed by atoms with Crippen LogP contribution < -0.4 is 15.5 Å². The number of anilines is 3. The number of para-hydroxylation sites is 2. The molecule has 2 aromatic rings. The number of fused-ring (bicyclic) bond motifs is 1. The molecule has 5 nitrogen and oxygen atoms in total. The minimum Gasteiger partial charge on any atom is -0.376 e. The SMILES string of the molecule is O=C1CC(C(F)(F)F)N(C(=O)CNc2ccc(I)cc2)c2ccccc2N1. The minimum atomic E-state index is -4.74. The third kappa shape index (κ3) is 4.52. The highest BCUT2D eigenvalue weighted by Gasteiger charge is 2.48. The predicted octanol–water partition coefficient (Wildman–Crippen LogP) is 4.01. The first kappa shape index (κ1) is 19.5. The van der Waals surface area contributed by atoms with Crippen LogP contribution in [0.1, 0.15) is 6.42 Å². The average Bonchev–Trinajstić information content (AvgIpc) is 2.76. The fourth-order valence-electron chi connectivity index (χ4n) is 2.83. The van der Waals surface area contributed by atoms with Gasteiger partial charge in [-0.2, -0.15) is 13.2 Å². The molecule has 142 valence electrons. The Hall–Kier alpha value is -2.30. The number of alkyl halides is 3. The van der Waals surface area contributed by atoms with E-state index in [1.165, 1.54) is 18.2 Å². The van der Waals surface area contributed by atoms with Crippen molar-refractivity contribution in [3.63, 3.8) is 0 Å². The zero-order valence-electron chi connectivity index (χ0n) is 13.9. The van der Waals surface area contributed by atoms with E-state index >= 15 is 0 Å². The van der Waals surface area contributed by atoms with Crippen molar-refractivity contribution in [1.29, 1.82) is 0 Å². The number of nitrogens with one attached hydrogen (secondary N) is 2. The molecular weight excluding hydrogens is 474 g/mol. The lowest BCUT2D eigenvalue weighted by Gasteiger charge is -2.31. The molecule has 0 saturated heterocycles. The van der Waals surface area contributed by atoms with E-state index in [0.29, 0.717) is 10.6 Å². The van der Waals surface area contributed by atoms with Crippen molar-refractivity contribution >= 4 is 51.5 Å². The van der Waals surface area contributed by atoms with Crippen LogP contribution in [0, 0.1) is 3.57 Å². The van der Waals surface area contributed by atoms with Gasteiger partial charge in [0.25, 0.3) is 0 Å². The Morgan fingerprint density at radius 1 is 1.19 bits per heavy atom. The van der Waals surface area contributed by atoms with Crippen LogP contribution in [-0.4, -0.2) is 30.6 Å². The highest BCUT2D eigenvalue weighted by Crippen LogP contribution is 2.37. The van der Waals surface area contributed by atoms with Crippen LogP contribution in [0.25, 0.3) is 0 Å². The van der Waals surface area contributed by atoms with Crippen molar-refractivity contribution in [2.24, 2.45) is 0 Å². The van der Waals surface area contributed by atoms with Crippen molar-refractivity contribution in [3.05, 3.63) is 52.1 Å². The van der Waals surface area contributed by atoms with Gasteiger partial charge in [0.1, 0.15) is 6.04 Å². The molecule has 9 heteroatoms. The summed E-state index contributed by atoms with van der Waals surface area (Å²) in [4.78, 5) is 25.3. The zero-order chi connectivity index (χ0) is 19.6. The van der Waals surface area contributed by atoms with Crippen molar-refractivity contribution in [2.45, 2.75) is 18.6 Å². The van der Waals surface area contributed by atoms with E-state index in [-0.39, 0.29) is 17.9 Å². The van der Waals surface area contributed by atoms with Gasteiger partial charge in [-0.05, 0) is 59.0 Å². The summed E-state index contributed by atoms with van der Waals surface area (Å²) in [6, 6.07) is 10.8. The quantitative estimate of drug-likeness (QED) is 0.641. The van der Waals surface area contributed by atoms with Gasteiger partial charge in [-0.1, -0.05) is 12.1 Å². The topological polar surface area (TPSA) is 61.4 Å². The number of hydrogen-bond donors (Lipinski definition) is 2. The Bertz CT molecular complexity index is 856. The van der Waals surface area contributed by atoms with Crippen LogP contribution in [0.2, 0.25) is 0 Å². The second kappa shape index (κ2) is 7.75. The van der Waals surface area contributed by atoms with Crippen LogP contribution in [-0.2, 0) is 9.59 Å². The molecule has 1 unspecified atom stereocenters. The maximum atomic E-state index is 13.6. The number of amides is 2. The standard InChI is InChI=1S/C18H15F3IN3O2/c19-18(20,21)15-9-16(26)24-13-3-1-2-4-14(13)25(15)17(27)10-23-12-7-5-11(22)6-8-12/h1-8,15,23H,9-10H2,(H,24,26). The molecule has 3 rings (SSSR count). The first-order chi connectivity index (χ1) is 12.8. The number of benzene rings is 2. The summed E-state index contributed by atoms with van der Waals surface area (Å²) in [6.07, 6.45) is -5.60. The van der Waals surface area contributed by atoms with E-state index in [1.54, 1.807) is 18.2 Å². The van der Waals surface area contributed by atoms with Crippen LogP contribution >= 0.6 is 22.6 Å². The van der Waals surface area contributed by atoms with Gasteiger partial charge in [0.15, 0.2) is 0 Å². The van der Waals surface area contributed by atoms with Gasteiger partial charge in [-0.15, -0.1) is 0 Å². The summed E-state index contributed by atoms with van der Waals surface area (Å²) in [5.74, 6) is -1.56. The average molecular weight is 489 g/mol. The van der Waals surface area contributed by atoms with Gasteiger partial charge in [-0.3, -0.25) is 14.5 Å². The Labute approximate surface area is 167 Å². The Morgan fingerprint density at radius 2 is 1.85 bits per heavy atom. The minimum absolute atomic E-state index is 0.0279. The van der Waals surface area contributed by atoms with Crippen molar-refractivity contribution in [2.75, 3.05) is 22.1 Å². The molecule has 0 aliphatic carbocycles. The number of rotatable bonds is 3. The van der Waals surface area contributed by atoms with E-state index in [4.69, 9.17) is 0 Å². The van der Waals surface area contributed by atoms with Crippen LogP contribution in [0.3, 0.4) is 0 Å². The molecule has 0 aromatic heterocycles. The van der Waals surface area contributed by atoms with Gasteiger partial charge in [0, 0.05) is 9.26 Å². The molecule has 2 aromatic carbocycles. The molecule has 0 bridgehead atoms. The van der Waals surface area contributed by atoms with Gasteiger partial charge in [0.05, 0.1) is 24.3 Å². The monoisotopic (exact) mass is 489 g/mol. The van der Waals surface area contributed by atoms with E-state index in [9.17, 15) is 22.8 Å². The molecule has 2 N–H and O–H groups in total. The molecule has 0 spiro atoms. The van der Waals surface area contributed by atoms with Crippen molar-refractivity contribution in [1.82, 2.24) is 0 Å². The van der Waals surface area contributed by atoms with Gasteiger partial charge < -0.3 is 10.6 Å². The van der Waals surface area contributed by atoms with E-state index in [2.05, 4.69) is 33.2 Å². The zero-order valence-corrected chi connectivity index (χ0v) is 16.0. The maximum Gasteiger partial charge on any atom is 0.409 e. The fraction of sp³-hybridized carbons (Fsp3) is 0.222. The molecule has 1 heterocycles. The van der Waals surface area contributed by atoms with Crippen LogP contribution in [0.5, 0.6) is 0 Å². The third-order valence-electron chi connectivity index (χ3n) is 4.06. The normalized spacial score (nSPS) is 17.0. The number of carbonyl (C=O) groups is 2. The Morgan fingerprint density at radius 3 is 2.52 bits per heavy atom. The van der Waals surface area contributed by atoms with Gasteiger partial charge >= 0.3 is 6.18 Å². The molecule has 0 saturated carbocycles. The summed E-state index contributed by atoms with van der Waals surface area (Å²) in [5.41, 5.74) is 0.821. The number of halogens is 4. The summed E-state index contributed by atoms with van der Waals surface area (Å²) < 4.78 is 41.8. The second-order valence-electron chi connectivity index (χ2n) is 5.95.